The van der Waals surface area contributed by atoms with Crippen LogP contribution in [0.2, 0.25) is 5.02 Å². The molecule has 0 atom stereocenters. The third-order valence-corrected chi connectivity index (χ3v) is 8.69. The van der Waals surface area contributed by atoms with Gasteiger partial charge < -0.3 is 14.8 Å². The molecule has 0 unspecified atom stereocenters. The maximum atomic E-state index is 13.6. The Morgan fingerprint density at radius 3 is 2.73 bits per heavy atom. The van der Waals surface area contributed by atoms with Gasteiger partial charge in [-0.05, 0) is 54.3 Å². The zero-order chi connectivity index (χ0) is 29.1. The van der Waals surface area contributed by atoms with E-state index in [0.717, 1.165) is 24.0 Å². The number of thiocarbonyl (C=S) groups is 1. The third-order valence-electron chi connectivity index (χ3n) is 6.94. The van der Waals surface area contributed by atoms with Crippen LogP contribution in [0.5, 0.6) is 11.5 Å². The van der Waals surface area contributed by atoms with Gasteiger partial charge in [0.15, 0.2) is 11.5 Å². The van der Waals surface area contributed by atoms with E-state index in [0.29, 0.717) is 55.8 Å². The van der Waals surface area contributed by atoms with Gasteiger partial charge >= 0.3 is 0 Å². The van der Waals surface area contributed by atoms with Gasteiger partial charge in [-0.1, -0.05) is 73.2 Å². The van der Waals surface area contributed by atoms with Crippen molar-refractivity contribution in [2.75, 3.05) is 12.1 Å². The molecular weight excluding hydrogens is 580 g/mol. The van der Waals surface area contributed by atoms with Gasteiger partial charge in [0.25, 0.3) is 11.5 Å². The number of fused-ring (bicyclic) bond motifs is 1. The summed E-state index contributed by atoms with van der Waals surface area (Å²) in [6.45, 7) is 4.98. The van der Waals surface area contributed by atoms with E-state index in [1.165, 1.54) is 16.7 Å². The van der Waals surface area contributed by atoms with Crippen molar-refractivity contribution in [3.05, 3.63) is 90.6 Å². The first-order chi connectivity index (χ1) is 19.8. The molecule has 1 amide bonds. The molecule has 2 aliphatic rings. The van der Waals surface area contributed by atoms with Crippen molar-refractivity contribution in [2.45, 2.75) is 46.3 Å². The fraction of sp³-hybridized carbons (Fsp3) is 0.267. The van der Waals surface area contributed by atoms with Crippen molar-refractivity contribution in [2.24, 2.45) is 0 Å². The molecule has 3 heterocycles. The summed E-state index contributed by atoms with van der Waals surface area (Å²) in [5.74, 6) is 1.62. The van der Waals surface area contributed by atoms with Crippen LogP contribution in [0.4, 0.5) is 5.82 Å². The number of nitrogens with one attached hydrogen (secondary N) is 1. The number of benzene rings is 2. The lowest BCUT2D eigenvalue weighted by molar-refractivity contribution is -0.122. The number of unbranched alkanes of at least 4 members (excludes halogenated alkanes) is 1. The summed E-state index contributed by atoms with van der Waals surface area (Å²) in [6, 6.07) is 15.1. The van der Waals surface area contributed by atoms with E-state index in [9.17, 15) is 14.9 Å². The first-order valence-electron chi connectivity index (χ1n) is 13.1. The number of amides is 1. The second-order valence-electron chi connectivity index (χ2n) is 9.58. The van der Waals surface area contributed by atoms with Crippen molar-refractivity contribution in [3.8, 4) is 17.6 Å². The second-order valence-corrected chi connectivity index (χ2v) is 11.7. The summed E-state index contributed by atoms with van der Waals surface area (Å²) >= 11 is 13.1. The molecule has 11 heteroatoms. The summed E-state index contributed by atoms with van der Waals surface area (Å²) in [7, 11) is 0. The number of pyridine rings is 1. The number of ether oxygens (including phenoxy) is 2. The minimum atomic E-state index is -0.366. The Balaban J connectivity index is 1.55. The van der Waals surface area contributed by atoms with E-state index in [-0.39, 0.29) is 30.4 Å². The summed E-state index contributed by atoms with van der Waals surface area (Å²) in [6.07, 6.45) is 3.33. The Morgan fingerprint density at radius 1 is 1.20 bits per heavy atom. The lowest BCUT2D eigenvalue weighted by Crippen LogP contribution is -2.29. The van der Waals surface area contributed by atoms with E-state index in [4.69, 9.17) is 33.3 Å². The average molecular weight is 607 g/mol. The quantitative estimate of drug-likeness (QED) is 0.226. The molecule has 1 aromatic heterocycles. The van der Waals surface area contributed by atoms with Crippen LogP contribution in [0.1, 0.15) is 47.6 Å². The number of nitrogens with zero attached hydrogens (tertiary/aromatic N) is 3. The highest BCUT2D eigenvalue weighted by molar-refractivity contribution is 8.26. The highest BCUT2D eigenvalue weighted by Gasteiger charge is 2.33. The molecule has 0 spiro atoms. The van der Waals surface area contributed by atoms with E-state index in [1.807, 2.05) is 43.3 Å². The topological polar surface area (TPSA) is 96.6 Å². The standard InChI is InChI=1S/C30H27ClN4O4S2/c1-3-4-11-34-27(33-15-19-9-10-24-25(12-19)39-17-38-24)21(18(2)22(14-32)28(34)36)13-26-29(37)35(30(40)41-26)16-20-7-5-6-8-23(20)31/h5-10,12-13,33H,3-4,11,15-17H2,1-2H3/b26-13+. The van der Waals surface area contributed by atoms with Gasteiger partial charge in [0.05, 0.1) is 11.4 Å². The molecule has 8 nitrogen and oxygen atoms in total. The SMILES string of the molecule is CCCCn1c(NCc2ccc3c(c2)OCO3)c(/C=C2/SC(=S)N(Cc3ccccc3Cl)C2=O)c(C)c(C#N)c1=O. The van der Waals surface area contributed by atoms with E-state index in [2.05, 4.69) is 11.4 Å². The van der Waals surface area contributed by atoms with Gasteiger partial charge in [-0.15, -0.1) is 0 Å². The zero-order valence-corrected chi connectivity index (χ0v) is 24.9. The molecular formula is C30H27ClN4O4S2. The van der Waals surface area contributed by atoms with Gasteiger partial charge in [-0.25, -0.2) is 0 Å². The Hall–Kier alpha value is -3.78. The van der Waals surface area contributed by atoms with Crippen LogP contribution in [0.15, 0.2) is 52.2 Å². The molecule has 1 N–H and O–H groups in total. The van der Waals surface area contributed by atoms with E-state index in [1.54, 1.807) is 23.6 Å². The maximum absolute atomic E-state index is 13.6. The largest absolute Gasteiger partial charge is 0.454 e. The Bertz CT molecular complexity index is 1680. The van der Waals surface area contributed by atoms with Gasteiger partial charge in [0.1, 0.15) is 21.8 Å². The van der Waals surface area contributed by atoms with Crippen molar-refractivity contribution in [3.63, 3.8) is 0 Å². The predicted molar refractivity (Wildman–Crippen MR) is 165 cm³/mol. The number of hydrogen-bond donors (Lipinski definition) is 1. The molecule has 0 radical (unpaired) electrons. The highest BCUT2D eigenvalue weighted by Crippen LogP contribution is 2.37. The zero-order valence-electron chi connectivity index (χ0n) is 22.5. The number of halogens is 1. The van der Waals surface area contributed by atoms with Crippen molar-refractivity contribution in [1.29, 1.82) is 5.26 Å². The van der Waals surface area contributed by atoms with Crippen molar-refractivity contribution < 1.29 is 14.3 Å². The Kier molecular flexibility index (Phi) is 8.68. The summed E-state index contributed by atoms with van der Waals surface area (Å²) in [5, 5.41) is 13.9. The fourth-order valence-electron chi connectivity index (χ4n) is 4.68. The van der Waals surface area contributed by atoms with Gasteiger partial charge in [0.2, 0.25) is 6.79 Å². The van der Waals surface area contributed by atoms with Gasteiger partial charge in [-0.3, -0.25) is 19.1 Å². The number of aromatic nitrogens is 1. The number of carbonyl (C=O) groups excluding carboxylic acids is 1. The minimum absolute atomic E-state index is 0.0486. The molecule has 0 saturated carbocycles. The lowest BCUT2D eigenvalue weighted by Gasteiger charge is -2.20. The minimum Gasteiger partial charge on any atom is -0.454 e. The number of rotatable bonds is 9. The third kappa shape index (κ3) is 5.84. The predicted octanol–water partition coefficient (Wildman–Crippen LogP) is 6.22. The molecule has 210 valence electrons. The molecule has 41 heavy (non-hydrogen) atoms. The van der Waals surface area contributed by atoms with Crippen LogP contribution in [-0.4, -0.2) is 26.5 Å². The molecule has 2 aromatic carbocycles. The highest BCUT2D eigenvalue weighted by atomic mass is 35.5. The van der Waals surface area contributed by atoms with Crippen LogP contribution in [0.25, 0.3) is 6.08 Å². The van der Waals surface area contributed by atoms with Crippen LogP contribution in [0.3, 0.4) is 0 Å². The van der Waals surface area contributed by atoms with Crippen LogP contribution in [-0.2, 0) is 24.4 Å². The number of hydrogen-bond acceptors (Lipinski definition) is 8. The summed E-state index contributed by atoms with van der Waals surface area (Å²) in [4.78, 5) is 28.9. The monoisotopic (exact) mass is 606 g/mol. The summed E-state index contributed by atoms with van der Waals surface area (Å²) < 4.78 is 12.9. The molecule has 3 aromatic rings. The van der Waals surface area contributed by atoms with Gasteiger partial charge in [0, 0.05) is 23.7 Å². The van der Waals surface area contributed by atoms with E-state index < -0.39 is 0 Å². The lowest BCUT2D eigenvalue weighted by atomic mass is 10.0. The molecule has 1 saturated heterocycles. The number of anilines is 1. The van der Waals surface area contributed by atoms with E-state index >= 15 is 0 Å². The number of thioether (sulfide) groups is 1. The first kappa shape index (κ1) is 28.7. The molecule has 2 aliphatic heterocycles. The molecule has 5 rings (SSSR count). The second kappa shape index (κ2) is 12.4. The van der Waals surface area contributed by atoms with Crippen LogP contribution < -0.4 is 20.3 Å². The number of carbonyl (C=O) groups is 1. The average Bonchev–Trinajstić information content (AvgIpc) is 3.54. The van der Waals surface area contributed by atoms with Crippen LogP contribution in [0, 0.1) is 18.3 Å². The molecule has 0 aliphatic carbocycles. The van der Waals surface area contributed by atoms with Crippen LogP contribution >= 0.6 is 35.6 Å². The molecule has 0 bridgehead atoms. The fourth-order valence-corrected chi connectivity index (χ4v) is 6.12. The summed E-state index contributed by atoms with van der Waals surface area (Å²) in [5.41, 5.74) is 2.48. The number of nitriles is 1. The Labute approximate surface area is 252 Å². The molecule has 1 fully saturated rings. The first-order valence-corrected chi connectivity index (χ1v) is 14.7. The Morgan fingerprint density at radius 2 is 1.98 bits per heavy atom. The van der Waals surface area contributed by atoms with Crippen molar-refractivity contribution >= 4 is 57.7 Å². The van der Waals surface area contributed by atoms with Gasteiger partial charge in [-0.2, -0.15) is 5.26 Å². The van der Waals surface area contributed by atoms with Crippen molar-refractivity contribution in [1.82, 2.24) is 9.47 Å². The normalized spacial score (nSPS) is 15.1. The maximum Gasteiger partial charge on any atom is 0.270 e. The smallest absolute Gasteiger partial charge is 0.270 e.